The van der Waals surface area contributed by atoms with Gasteiger partial charge >= 0.3 is 0 Å². The molecule has 106 valence electrons. The molecule has 1 aromatic carbocycles. The van der Waals surface area contributed by atoms with Crippen molar-refractivity contribution < 1.29 is 19.4 Å². The fourth-order valence-corrected chi connectivity index (χ4v) is 1.59. The van der Waals surface area contributed by atoms with Crippen LogP contribution in [0.1, 0.15) is 0 Å². The second kappa shape index (κ2) is 7.67. The molecule has 0 atom stereocenters. The minimum Gasteiger partial charge on any atom is -0.397 e. The molecule has 5 N–H and O–H groups in total. The molecule has 0 bridgehead atoms. The molecule has 0 aromatic heterocycles. The van der Waals surface area contributed by atoms with Crippen molar-refractivity contribution in [3.63, 3.8) is 0 Å². The summed E-state index contributed by atoms with van der Waals surface area (Å²) in [7, 11) is 0. The van der Waals surface area contributed by atoms with Crippen molar-refractivity contribution in [2.75, 3.05) is 43.9 Å². The largest absolute Gasteiger partial charge is 0.397 e. The smallest absolute Gasteiger partial charge is 0.238 e. The molecule has 0 aliphatic carbocycles. The molecule has 0 saturated heterocycles. The van der Waals surface area contributed by atoms with Crippen LogP contribution in [-0.4, -0.2) is 53.9 Å². The number of carbonyl (C=O) groups excluding carboxylic acids is 1. The lowest BCUT2D eigenvalue weighted by Crippen LogP contribution is -2.37. The molecule has 0 spiro atoms. The van der Waals surface area contributed by atoms with Crippen LogP contribution in [0.4, 0.5) is 15.8 Å². The fourth-order valence-electron chi connectivity index (χ4n) is 1.59. The molecule has 0 fully saturated rings. The predicted octanol–water partition coefficient (Wildman–Crippen LogP) is -0.367. The second-order valence-electron chi connectivity index (χ2n) is 4.00. The molecule has 1 amide bonds. The minimum absolute atomic E-state index is 0.0118. The molecule has 0 radical (unpaired) electrons. The Bertz CT molecular complexity index is 423. The maximum atomic E-state index is 12.8. The van der Waals surface area contributed by atoms with Gasteiger partial charge in [-0.15, -0.1) is 0 Å². The van der Waals surface area contributed by atoms with Crippen molar-refractivity contribution in [1.82, 2.24) is 4.90 Å². The van der Waals surface area contributed by atoms with Crippen molar-refractivity contribution in [3.8, 4) is 0 Å². The molecule has 6 nitrogen and oxygen atoms in total. The quantitative estimate of drug-likeness (QED) is 0.507. The van der Waals surface area contributed by atoms with E-state index in [1.54, 1.807) is 4.90 Å². The SMILES string of the molecule is Nc1cc(F)ccc1NC(=O)CN(CCO)CCO. The van der Waals surface area contributed by atoms with Gasteiger partial charge in [-0.25, -0.2) is 4.39 Å². The zero-order valence-corrected chi connectivity index (χ0v) is 10.5. The van der Waals surface area contributed by atoms with Gasteiger partial charge in [-0.05, 0) is 18.2 Å². The van der Waals surface area contributed by atoms with Crippen molar-refractivity contribution in [1.29, 1.82) is 0 Å². The summed E-state index contributed by atoms with van der Waals surface area (Å²) in [5.41, 5.74) is 6.05. The zero-order chi connectivity index (χ0) is 14.3. The number of benzene rings is 1. The van der Waals surface area contributed by atoms with E-state index in [9.17, 15) is 9.18 Å². The minimum atomic E-state index is -0.474. The summed E-state index contributed by atoms with van der Waals surface area (Å²) in [6, 6.07) is 3.70. The van der Waals surface area contributed by atoms with Gasteiger partial charge in [-0.1, -0.05) is 0 Å². The van der Waals surface area contributed by atoms with Gasteiger partial charge in [0.15, 0.2) is 0 Å². The predicted molar refractivity (Wildman–Crippen MR) is 70.1 cm³/mol. The van der Waals surface area contributed by atoms with Crippen LogP contribution in [0, 0.1) is 5.82 Å². The highest BCUT2D eigenvalue weighted by atomic mass is 19.1. The van der Waals surface area contributed by atoms with E-state index in [1.165, 1.54) is 12.1 Å². The molecular weight excluding hydrogens is 253 g/mol. The van der Waals surface area contributed by atoms with Crippen LogP contribution >= 0.6 is 0 Å². The Kier molecular flexibility index (Phi) is 6.20. The van der Waals surface area contributed by atoms with Gasteiger partial charge < -0.3 is 21.3 Å². The Hall–Kier alpha value is -1.70. The molecule has 7 heteroatoms. The second-order valence-corrected chi connectivity index (χ2v) is 4.00. The molecule has 0 aliphatic heterocycles. The summed E-state index contributed by atoms with van der Waals surface area (Å²) in [6.07, 6.45) is 0. The van der Waals surface area contributed by atoms with E-state index in [2.05, 4.69) is 5.32 Å². The molecule has 19 heavy (non-hydrogen) atoms. The van der Waals surface area contributed by atoms with Crippen molar-refractivity contribution in [2.45, 2.75) is 0 Å². The summed E-state index contributed by atoms with van der Waals surface area (Å²) in [4.78, 5) is 13.3. The third-order valence-corrected chi connectivity index (χ3v) is 2.49. The van der Waals surface area contributed by atoms with Crippen LogP contribution in [0.5, 0.6) is 0 Å². The normalized spacial score (nSPS) is 10.7. The van der Waals surface area contributed by atoms with Crippen molar-refractivity contribution >= 4 is 17.3 Å². The van der Waals surface area contributed by atoms with Crippen molar-refractivity contribution in [2.24, 2.45) is 0 Å². The number of hydrogen-bond donors (Lipinski definition) is 4. The average molecular weight is 271 g/mol. The number of nitrogens with zero attached hydrogens (tertiary/aromatic N) is 1. The number of carbonyl (C=O) groups is 1. The number of rotatable bonds is 7. The molecule has 0 aliphatic rings. The number of halogens is 1. The lowest BCUT2D eigenvalue weighted by molar-refractivity contribution is -0.117. The van der Waals surface area contributed by atoms with E-state index in [-0.39, 0.29) is 44.4 Å². The Balaban J connectivity index is 2.58. The third kappa shape index (κ3) is 5.21. The summed E-state index contributed by atoms with van der Waals surface area (Å²) in [5.74, 6) is -0.821. The summed E-state index contributed by atoms with van der Waals surface area (Å²) in [6.45, 7) is 0.371. The number of nitrogens with one attached hydrogen (secondary N) is 1. The Morgan fingerprint density at radius 2 is 1.95 bits per heavy atom. The van der Waals surface area contributed by atoms with Crippen LogP contribution in [-0.2, 0) is 4.79 Å². The van der Waals surface area contributed by atoms with Gasteiger partial charge in [-0.2, -0.15) is 0 Å². The first-order chi connectivity index (χ1) is 9.06. The number of nitrogen functional groups attached to an aromatic ring is 1. The zero-order valence-electron chi connectivity index (χ0n) is 10.5. The Labute approximate surface area is 110 Å². The average Bonchev–Trinajstić information content (AvgIpc) is 2.33. The summed E-state index contributed by atoms with van der Waals surface area (Å²) >= 11 is 0. The Morgan fingerprint density at radius 3 is 2.47 bits per heavy atom. The van der Waals surface area contributed by atoms with Gasteiger partial charge in [0, 0.05) is 13.1 Å². The van der Waals surface area contributed by atoms with Gasteiger partial charge in [0.05, 0.1) is 31.1 Å². The maximum absolute atomic E-state index is 12.8. The van der Waals surface area contributed by atoms with E-state index in [0.717, 1.165) is 6.07 Å². The van der Waals surface area contributed by atoms with Crippen LogP contribution in [0.15, 0.2) is 18.2 Å². The fraction of sp³-hybridized carbons (Fsp3) is 0.417. The first-order valence-electron chi connectivity index (χ1n) is 5.85. The molecule has 0 unspecified atom stereocenters. The highest BCUT2D eigenvalue weighted by molar-refractivity contribution is 5.95. The lowest BCUT2D eigenvalue weighted by atomic mass is 10.2. The van der Waals surface area contributed by atoms with Crippen LogP contribution in [0.2, 0.25) is 0 Å². The van der Waals surface area contributed by atoms with Crippen LogP contribution in [0.25, 0.3) is 0 Å². The van der Waals surface area contributed by atoms with Gasteiger partial charge in [0.25, 0.3) is 0 Å². The van der Waals surface area contributed by atoms with Crippen molar-refractivity contribution in [3.05, 3.63) is 24.0 Å². The molecule has 1 aromatic rings. The maximum Gasteiger partial charge on any atom is 0.238 e. The molecule has 0 saturated carbocycles. The first-order valence-corrected chi connectivity index (χ1v) is 5.85. The van der Waals surface area contributed by atoms with Gasteiger partial charge in [0.1, 0.15) is 5.82 Å². The van der Waals surface area contributed by atoms with Gasteiger partial charge in [-0.3, -0.25) is 9.69 Å². The molecular formula is C12H18FN3O3. The van der Waals surface area contributed by atoms with E-state index in [1.807, 2.05) is 0 Å². The first kappa shape index (κ1) is 15.4. The number of anilines is 2. The highest BCUT2D eigenvalue weighted by Gasteiger charge is 2.11. The number of aliphatic hydroxyl groups is 2. The topological polar surface area (TPSA) is 98.8 Å². The number of nitrogens with two attached hydrogens (primary N) is 1. The van der Waals surface area contributed by atoms with E-state index in [0.29, 0.717) is 5.69 Å². The number of aliphatic hydroxyl groups excluding tert-OH is 2. The van der Waals surface area contributed by atoms with Crippen LogP contribution < -0.4 is 11.1 Å². The standard InChI is InChI=1S/C12H18FN3O3/c13-9-1-2-11(10(14)7-9)15-12(19)8-16(3-5-17)4-6-18/h1-2,7,17-18H,3-6,8,14H2,(H,15,19). The van der Waals surface area contributed by atoms with E-state index < -0.39 is 5.82 Å². The third-order valence-electron chi connectivity index (χ3n) is 2.49. The Morgan fingerprint density at radius 1 is 1.32 bits per heavy atom. The monoisotopic (exact) mass is 271 g/mol. The number of hydrogen-bond acceptors (Lipinski definition) is 5. The molecule has 1 rings (SSSR count). The van der Waals surface area contributed by atoms with E-state index >= 15 is 0 Å². The van der Waals surface area contributed by atoms with Gasteiger partial charge in [0.2, 0.25) is 5.91 Å². The highest BCUT2D eigenvalue weighted by Crippen LogP contribution is 2.18. The lowest BCUT2D eigenvalue weighted by Gasteiger charge is -2.19. The van der Waals surface area contributed by atoms with E-state index in [4.69, 9.17) is 15.9 Å². The summed E-state index contributed by atoms with van der Waals surface area (Å²) < 4.78 is 12.8. The number of amides is 1. The summed E-state index contributed by atoms with van der Waals surface area (Å²) in [5, 5.41) is 20.2. The molecule has 0 heterocycles. The van der Waals surface area contributed by atoms with Crippen LogP contribution in [0.3, 0.4) is 0 Å².